The van der Waals surface area contributed by atoms with Crippen LogP contribution in [0.4, 0.5) is 0 Å². The van der Waals surface area contributed by atoms with Gasteiger partial charge in [0.15, 0.2) is 12.6 Å². The van der Waals surface area contributed by atoms with Gasteiger partial charge in [-0.3, -0.25) is 0 Å². The van der Waals surface area contributed by atoms with Crippen molar-refractivity contribution in [3.05, 3.63) is 65.5 Å². The minimum absolute atomic E-state index is 0.178. The average molecular weight is 404 g/mol. The second-order valence-electron chi connectivity index (χ2n) is 6.95. The second kappa shape index (κ2) is 8.24. The van der Waals surface area contributed by atoms with Gasteiger partial charge in [0.2, 0.25) is 11.7 Å². The van der Waals surface area contributed by atoms with Crippen molar-refractivity contribution >= 4 is 5.97 Å². The summed E-state index contributed by atoms with van der Waals surface area (Å²) in [5.41, 5.74) is 3.89. The summed E-state index contributed by atoms with van der Waals surface area (Å²) in [6.07, 6.45) is -0.704. The predicted molar refractivity (Wildman–Crippen MR) is 107 cm³/mol. The van der Waals surface area contributed by atoms with Gasteiger partial charge in [-0.05, 0) is 38.1 Å². The quantitative estimate of drug-likeness (QED) is 0.450. The summed E-state index contributed by atoms with van der Waals surface area (Å²) in [6, 6.07) is 15.4. The number of carbonyl (C=O) groups excluding carboxylic acids is 1. The molecule has 0 saturated heterocycles. The number of carbonyl (C=O) groups is 1. The number of aromatic nitrogens is 6. The molecular formula is C21H20N6O3. The molecule has 1 unspecified atom stereocenters. The van der Waals surface area contributed by atoms with E-state index in [2.05, 4.69) is 25.6 Å². The average Bonchev–Trinajstić information content (AvgIpc) is 3.39. The molecule has 0 saturated carbocycles. The third-order valence-corrected chi connectivity index (χ3v) is 4.43. The van der Waals surface area contributed by atoms with Gasteiger partial charge in [-0.2, -0.15) is 4.80 Å². The lowest BCUT2D eigenvalue weighted by Crippen LogP contribution is -2.17. The molecule has 0 amide bonds. The van der Waals surface area contributed by atoms with E-state index in [1.165, 1.54) is 4.80 Å². The number of aryl methyl sites for hydroxylation is 2. The van der Waals surface area contributed by atoms with Crippen molar-refractivity contribution in [2.45, 2.75) is 33.4 Å². The van der Waals surface area contributed by atoms with Gasteiger partial charge in [-0.1, -0.05) is 47.5 Å². The molecule has 0 aliphatic rings. The third-order valence-electron chi connectivity index (χ3n) is 4.43. The fourth-order valence-electron chi connectivity index (χ4n) is 2.74. The number of benzene rings is 2. The smallest absolute Gasteiger partial charge is 0.330 e. The normalized spacial score (nSPS) is 12.0. The molecule has 0 spiro atoms. The van der Waals surface area contributed by atoms with Gasteiger partial charge in [0, 0.05) is 11.1 Å². The Hall–Kier alpha value is -3.88. The molecule has 0 N–H and O–H groups in total. The van der Waals surface area contributed by atoms with E-state index in [1.54, 1.807) is 6.92 Å². The summed E-state index contributed by atoms with van der Waals surface area (Å²) in [5.74, 6) is 0.486. The van der Waals surface area contributed by atoms with Crippen LogP contribution < -0.4 is 0 Å². The summed E-state index contributed by atoms with van der Waals surface area (Å²) in [7, 11) is 0. The molecule has 30 heavy (non-hydrogen) atoms. The highest BCUT2D eigenvalue weighted by atomic mass is 16.6. The van der Waals surface area contributed by atoms with E-state index >= 15 is 0 Å². The largest absolute Gasteiger partial charge is 0.451 e. The van der Waals surface area contributed by atoms with Crippen LogP contribution >= 0.6 is 0 Å². The zero-order chi connectivity index (χ0) is 21.1. The predicted octanol–water partition coefficient (Wildman–Crippen LogP) is 3.31. The fourth-order valence-corrected chi connectivity index (χ4v) is 2.74. The van der Waals surface area contributed by atoms with Gasteiger partial charge in [0.1, 0.15) is 0 Å². The first-order chi connectivity index (χ1) is 14.5. The minimum atomic E-state index is -0.704. The molecule has 2 aromatic heterocycles. The van der Waals surface area contributed by atoms with Crippen molar-refractivity contribution in [1.82, 2.24) is 30.4 Å². The van der Waals surface area contributed by atoms with Crippen LogP contribution in [0, 0.1) is 13.8 Å². The van der Waals surface area contributed by atoms with E-state index in [1.807, 2.05) is 62.4 Å². The standard InChI is InChI=1S/C21H20N6O3/c1-13-4-8-16(9-5-13)19-22-26-27(25-19)12-18(28)29-15(3)20-23-24-21(30-20)17-10-6-14(2)7-11-17/h4-11,15H,12H2,1-3H3. The number of hydrogen-bond donors (Lipinski definition) is 0. The van der Waals surface area contributed by atoms with E-state index in [9.17, 15) is 4.79 Å². The molecule has 9 heteroatoms. The van der Waals surface area contributed by atoms with E-state index in [0.29, 0.717) is 11.7 Å². The van der Waals surface area contributed by atoms with Crippen molar-refractivity contribution in [2.75, 3.05) is 0 Å². The maximum Gasteiger partial charge on any atom is 0.330 e. The van der Waals surface area contributed by atoms with Gasteiger partial charge in [0.05, 0.1) is 0 Å². The Balaban J connectivity index is 1.37. The monoisotopic (exact) mass is 404 g/mol. The van der Waals surface area contributed by atoms with E-state index in [0.717, 1.165) is 22.3 Å². The second-order valence-corrected chi connectivity index (χ2v) is 6.95. The lowest BCUT2D eigenvalue weighted by Gasteiger charge is -2.08. The van der Waals surface area contributed by atoms with Crippen LogP contribution in [0.2, 0.25) is 0 Å². The van der Waals surface area contributed by atoms with Crippen LogP contribution in [0.15, 0.2) is 52.9 Å². The van der Waals surface area contributed by atoms with Crippen LogP contribution in [0.5, 0.6) is 0 Å². The Labute approximate surface area is 172 Å². The Morgan fingerprint density at radius 3 is 2.27 bits per heavy atom. The first-order valence-electron chi connectivity index (χ1n) is 9.43. The summed E-state index contributed by atoms with van der Waals surface area (Å²) < 4.78 is 11.0. The fraction of sp³-hybridized carbons (Fsp3) is 0.238. The Kier molecular flexibility index (Phi) is 5.34. The molecule has 4 aromatic rings. The van der Waals surface area contributed by atoms with Gasteiger partial charge < -0.3 is 9.15 Å². The summed E-state index contributed by atoms with van der Waals surface area (Å²) in [5, 5.41) is 20.1. The highest BCUT2D eigenvalue weighted by Gasteiger charge is 2.20. The first kappa shape index (κ1) is 19.4. The summed E-state index contributed by atoms with van der Waals surface area (Å²) >= 11 is 0. The van der Waals surface area contributed by atoms with E-state index < -0.39 is 12.1 Å². The molecule has 9 nitrogen and oxygen atoms in total. The lowest BCUT2D eigenvalue weighted by atomic mass is 10.1. The van der Waals surface area contributed by atoms with Crippen molar-refractivity contribution in [2.24, 2.45) is 0 Å². The number of ether oxygens (including phenoxy) is 1. The molecule has 4 rings (SSSR count). The highest BCUT2D eigenvalue weighted by molar-refractivity contribution is 5.69. The van der Waals surface area contributed by atoms with Crippen molar-refractivity contribution in [3.63, 3.8) is 0 Å². The Morgan fingerprint density at radius 1 is 0.967 bits per heavy atom. The van der Waals surface area contributed by atoms with Crippen LogP contribution in [-0.2, 0) is 16.1 Å². The number of rotatable bonds is 6. The molecule has 0 bridgehead atoms. The highest BCUT2D eigenvalue weighted by Crippen LogP contribution is 2.22. The van der Waals surface area contributed by atoms with Gasteiger partial charge >= 0.3 is 5.97 Å². The number of esters is 1. The Bertz CT molecular complexity index is 1150. The minimum Gasteiger partial charge on any atom is -0.451 e. The molecule has 0 aliphatic heterocycles. The maximum atomic E-state index is 12.3. The van der Waals surface area contributed by atoms with Crippen LogP contribution in [0.1, 0.15) is 30.0 Å². The van der Waals surface area contributed by atoms with E-state index in [-0.39, 0.29) is 12.4 Å². The zero-order valence-corrected chi connectivity index (χ0v) is 16.8. The van der Waals surface area contributed by atoms with Gasteiger partial charge in [-0.25, -0.2) is 4.79 Å². The van der Waals surface area contributed by atoms with Crippen molar-refractivity contribution in [1.29, 1.82) is 0 Å². The molecule has 0 radical (unpaired) electrons. The first-order valence-corrected chi connectivity index (χ1v) is 9.43. The summed E-state index contributed by atoms with van der Waals surface area (Å²) in [4.78, 5) is 13.5. The van der Waals surface area contributed by atoms with Crippen LogP contribution in [0.3, 0.4) is 0 Å². The topological polar surface area (TPSA) is 109 Å². The molecule has 2 heterocycles. The number of hydrogen-bond acceptors (Lipinski definition) is 8. The molecule has 152 valence electrons. The van der Waals surface area contributed by atoms with E-state index in [4.69, 9.17) is 9.15 Å². The van der Waals surface area contributed by atoms with Crippen LogP contribution in [0.25, 0.3) is 22.8 Å². The lowest BCUT2D eigenvalue weighted by molar-refractivity contribution is -0.150. The van der Waals surface area contributed by atoms with Gasteiger partial charge in [0.25, 0.3) is 5.89 Å². The maximum absolute atomic E-state index is 12.3. The molecule has 0 aliphatic carbocycles. The number of tetrazole rings is 1. The number of nitrogens with zero attached hydrogens (tertiary/aromatic N) is 6. The summed E-state index contributed by atoms with van der Waals surface area (Å²) in [6.45, 7) is 5.48. The zero-order valence-electron chi connectivity index (χ0n) is 16.8. The molecule has 1 atom stereocenters. The molecule has 2 aromatic carbocycles. The molecular weight excluding hydrogens is 384 g/mol. The third kappa shape index (κ3) is 4.40. The van der Waals surface area contributed by atoms with Crippen LogP contribution in [-0.4, -0.2) is 36.4 Å². The molecule has 0 fully saturated rings. The van der Waals surface area contributed by atoms with Gasteiger partial charge in [-0.15, -0.1) is 20.4 Å². The van der Waals surface area contributed by atoms with Crippen molar-refractivity contribution in [3.8, 4) is 22.8 Å². The Morgan fingerprint density at radius 2 is 1.60 bits per heavy atom. The SMILES string of the molecule is Cc1ccc(-c2nnn(CC(=O)OC(C)c3nnc(-c4ccc(C)cc4)o3)n2)cc1. The van der Waals surface area contributed by atoms with Crippen molar-refractivity contribution < 1.29 is 13.9 Å².